The van der Waals surface area contributed by atoms with E-state index in [1.165, 1.54) is 0 Å². The van der Waals surface area contributed by atoms with E-state index in [4.69, 9.17) is 23.9 Å². The van der Waals surface area contributed by atoms with Gasteiger partial charge in [-0.15, -0.1) is 0 Å². The Labute approximate surface area is 227 Å². The van der Waals surface area contributed by atoms with Gasteiger partial charge in [-0.25, -0.2) is 0 Å². The SMILES string of the molecule is COc1c2c(cc(O[C@@H]3O[C@H](C)[C@@H](O)[C@H](O)[C@@H]3O)c1-c1ccc(O)c3c(OC)cc(C)cc13)C[C@@H](C)N=C2C. The van der Waals surface area contributed by atoms with Gasteiger partial charge in [-0.05, 0) is 80.5 Å². The molecular weight excluding hydrogens is 502 g/mol. The molecule has 1 fully saturated rings. The van der Waals surface area contributed by atoms with Crippen LogP contribution in [0.3, 0.4) is 0 Å². The molecule has 5 rings (SSSR count). The van der Waals surface area contributed by atoms with Crippen molar-refractivity contribution in [1.82, 2.24) is 0 Å². The molecule has 208 valence electrons. The molecule has 1 saturated heterocycles. The van der Waals surface area contributed by atoms with Crippen molar-refractivity contribution in [2.24, 2.45) is 4.99 Å². The summed E-state index contributed by atoms with van der Waals surface area (Å²) in [5, 5.41) is 43.4. The van der Waals surface area contributed by atoms with Crippen molar-refractivity contribution in [2.75, 3.05) is 14.2 Å². The van der Waals surface area contributed by atoms with Gasteiger partial charge in [0.2, 0.25) is 6.29 Å². The normalized spacial score (nSPS) is 26.6. The molecule has 39 heavy (non-hydrogen) atoms. The maximum absolute atomic E-state index is 10.8. The Morgan fingerprint density at radius 3 is 2.33 bits per heavy atom. The summed E-state index contributed by atoms with van der Waals surface area (Å²) in [6.07, 6.45) is -5.57. The van der Waals surface area contributed by atoms with Gasteiger partial charge in [0.1, 0.15) is 41.3 Å². The first kappa shape index (κ1) is 27.2. The summed E-state index contributed by atoms with van der Waals surface area (Å²) in [7, 11) is 3.13. The van der Waals surface area contributed by atoms with Crippen LogP contribution in [0.15, 0.2) is 35.3 Å². The van der Waals surface area contributed by atoms with E-state index in [0.717, 1.165) is 22.4 Å². The number of methoxy groups -OCH3 is 2. The van der Waals surface area contributed by atoms with Crippen LogP contribution >= 0.6 is 0 Å². The summed E-state index contributed by atoms with van der Waals surface area (Å²) < 4.78 is 23.8. The first-order chi connectivity index (χ1) is 18.5. The number of aliphatic hydroxyl groups excluding tert-OH is 3. The Hall–Kier alpha value is -3.37. The second kappa shape index (κ2) is 10.3. The Bertz CT molecular complexity index is 1450. The zero-order valence-electron chi connectivity index (χ0n) is 22.9. The lowest BCUT2D eigenvalue weighted by Crippen LogP contribution is -2.58. The maximum Gasteiger partial charge on any atom is 0.229 e. The monoisotopic (exact) mass is 537 g/mol. The average Bonchev–Trinajstić information content (AvgIpc) is 2.89. The summed E-state index contributed by atoms with van der Waals surface area (Å²) in [5.41, 5.74) is 4.83. The topological polar surface area (TPSA) is 130 Å². The van der Waals surface area contributed by atoms with Gasteiger partial charge in [0.25, 0.3) is 0 Å². The zero-order chi connectivity index (χ0) is 28.2. The van der Waals surface area contributed by atoms with E-state index in [0.29, 0.717) is 45.6 Å². The minimum Gasteiger partial charge on any atom is -0.507 e. The van der Waals surface area contributed by atoms with Crippen molar-refractivity contribution in [3.8, 4) is 34.1 Å². The fourth-order valence-electron chi connectivity index (χ4n) is 5.73. The summed E-state index contributed by atoms with van der Waals surface area (Å²) in [5.74, 6) is 1.47. The number of aliphatic hydroxyl groups is 3. The van der Waals surface area contributed by atoms with Crippen molar-refractivity contribution in [3.63, 3.8) is 0 Å². The van der Waals surface area contributed by atoms with E-state index < -0.39 is 30.7 Å². The van der Waals surface area contributed by atoms with Crippen LogP contribution in [0.5, 0.6) is 23.0 Å². The number of hydrogen-bond acceptors (Lipinski definition) is 9. The largest absolute Gasteiger partial charge is 0.507 e. The van der Waals surface area contributed by atoms with Crippen LogP contribution in [0.25, 0.3) is 21.9 Å². The van der Waals surface area contributed by atoms with Crippen LogP contribution in [0.4, 0.5) is 0 Å². The molecule has 0 aromatic heterocycles. The third-order valence-electron chi connectivity index (χ3n) is 7.56. The van der Waals surface area contributed by atoms with Crippen molar-refractivity contribution in [2.45, 2.75) is 70.9 Å². The van der Waals surface area contributed by atoms with Gasteiger partial charge in [-0.2, -0.15) is 0 Å². The Kier molecular flexibility index (Phi) is 7.19. The highest BCUT2D eigenvalue weighted by Gasteiger charge is 2.43. The smallest absolute Gasteiger partial charge is 0.229 e. The lowest BCUT2D eigenvalue weighted by molar-refractivity contribution is -0.268. The second-order valence-electron chi connectivity index (χ2n) is 10.4. The molecule has 0 amide bonds. The van der Waals surface area contributed by atoms with Crippen LogP contribution in [-0.2, 0) is 11.2 Å². The predicted octanol–water partition coefficient (Wildman–Crippen LogP) is 3.50. The minimum atomic E-state index is -1.49. The number of fused-ring (bicyclic) bond motifs is 2. The molecule has 4 N–H and O–H groups in total. The molecule has 9 nitrogen and oxygen atoms in total. The first-order valence-corrected chi connectivity index (χ1v) is 13.0. The van der Waals surface area contributed by atoms with Crippen molar-refractivity contribution < 1.29 is 39.4 Å². The van der Waals surface area contributed by atoms with E-state index in [9.17, 15) is 20.4 Å². The molecule has 6 atom stereocenters. The Morgan fingerprint density at radius 2 is 1.64 bits per heavy atom. The summed E-state index contributed by atoms with van der Waals surface area (Å²) in [6.45, 7) is 7.52. The van der Waals surface area contributed by atoms with Gasteiger partial charge in [0.05, 0.1) is 37.3 Å². The van der Waals surface area contributed by atoms with Crippen molar-refractivity contribution in [1.29, 1.82) is 0 Å². The summed E-state index contributed by atoms with van der Waals surface area (Å²) in [4.78, 5) is 4.78. The summed E-state index contributed by atoms with van der Waals surface area (Å²) >= 11 is 0. The average molecular weight is 538 g/mol. The van der Waals surface area contributed by atoms with E-state index in [2.05, 4.69) is 0 Å². The molecule has 0 bridgehead atoms. The maximum atomic E-state index is 10.8. The number of aromatic hydroxyl groups is 1. The van der Waals surface area contributed by atoms with Gasteiger partial charge in [0.15, 0.2) is 0 Å². The molecule has 0 aliphatic carbocycles. The fourth-order valence-corrected chi connectivity index (χ4v) is 5.73. The molecule has 9 heteroatoms. The third kappa shape index (κ3) is 4.59. The first-order valence-electron chi connectivity index (χ1n) is 13.0. The molecule has 2 aliphatic heterocycles. The van der Waals surface area contributed by atoms with Crippen LogP contribution in [0.1, 0.15) is 37.5 Å². The van der Waals surface area contributed by atoms with Crippen LogP contribution in [0, 0.1) is 6.92 Å². The van der Waals surface area contributed by atoms with Gasteiger partial charge in [-0.3, -0.25) is 4.99 Å². The zero-order valence-corrected chi connectivity index (χ0v) is 22.9. The van der Waals surface area contributed by atoms with Crippen LogP contribution in [0.2, 0.25) is 0 Å². The van der Waals surface area contributed by atoms with E-state index in [1.807, 2.05) is 39.0 Å². The highest BCUT2D eigenvalue weighted by Crippen LogP contribution is 2.49. The molecule has 2 aliphatic rings. The number of aryl methyl sites for hydroxylation is 1. The number of phenols is 1. The number of benzene rings is 3. The number of nitrogens with zero attached hydrogens (tertiary/aromatic N) is 1. The third-order valence-corrected chi connectivity index (χ3v) is 7.56. The molecular formula is C30H35NO8. The van der Waals surface area contributed by atoms with Gasteiger partial charge >= 0.3 is 0 Å². The lowest BCUT2D eigenvalue weighted by atomic mass is 9.87. The molecule has 0 unspecified atom stereocenters. The van der Waals surface area contributed by atoms with Gasteiger partial charge < -0.3 is 39.4 Å². The van der Waals surface area contributed by atoms with Crippen LogP contribution < -0.4 is 14.2 Å². The number of rotatable bonds is 5. The molecule has 2 heterocycles. The Balaban J connectivity index is 1.80. The van der Waals surface area contributed by atoms with Gasteiger partial charge in [0, 0.05) is 11.3 Å². The molecule has 3 aromatic carbocycles. The number of hydrogen-bond donors (Lipinski definition) is 4. The second-order valence-corrected chi connectivity index (χ2v) is 10.4. The number of aliphatic imine (C=N–C) groups is 1. The quantitative estimate of drug-likeness (QED) is 0.389. The van der Waals surface area contributed by atoms with Crippen molar-refractivity contribution in [3.05, 3.63) is 47.0 Å². The summed E-state index contributed by atoms with van der Waals surface area (Å²) in [6, 6.07) is 9.13. The number of phenolic OH excluding ortho intramolecular Hbond substituents is 1. The lowest BCUT2D eigenvalue weighted by Gasteiger charge is -2.39. The molecule has 0 spiro atoms. The fraction of sp³-hybridized carbons (Fsp3) is 0.433. The van der Waals surface area contributed by atoms with Crippen LogP contribution in [-0.4, -0.2) is 77.1 Å². The highest BCUT2D eigenvalue weighted by molar-refractivity contribution is 6.10. The van der Waals surface area contributed by atoms with E-state index >= 15 is 0 Å². The van der Waals surface area contributed by atoms with E-state index in [-0.39, 0.29) is 11.8 Å². The van der Waals surface area contributed by atoms with E-state index in [1.54, 1.807) is 33.3 Å². The standard InChI is InChI=1S/C30H35NO8/c1-13-9-19-18(7-8-20(32)24(19)21(10-13)36-5)25-22(39-30-28(35)27(34)26(33)16(4)38-30)12-17-11-14(2)31-15(3)23(17)29(25)37-6/h7-10,12,14,16,26-28,30,32-35H,11H2,1-6H3/t14-,16-,26-,27+,28+,30+/m1/s1. The van der Waals surface area contributed by atoms with Gasteiger partial charge in [-0.1, -0.05) is 6.07 Å². The predicted molar refractivity (Wildman–Crippen MR) is 147 cm³/mol. The number of ether oxygens (including phenoxy) is 4. The molecule has 0 radical (unpaired) electrons. The molecule has 3 aromatic rings. The highest BCUT2D eigenvalue weighted by atomic mass is 16.7. The van der Waals surface area contributed by atoms with Crippen molar-refractivity contribution >= 4 is 16.5 Å². The minimum absolute atomic E-state index is 0.0517. The molecule has 0 saturated carbocycles. The Morgan fingerprint density at radius 1 is 0.897 bits per heavy atom.